The van der Waals surface area contributed by atoms with E-state index in [2.05, 4.69) is 9.72 Å². The summed E-state index contributed by atoms with van der Waals surface area (Å²) in [6.07, 6.45) is -2.94. The first kappa shape index (κ1) is 14.9. The van der Waals surface area contributed by atoms with E-state index >= 15 is 0 Å². The van der Waals surface area contributed by atoms with Gasteiger partial charge in [0.2, 0.25) is 11.7 Å². The highest BCUT2D eigenvalue weighted by atomic mass is 35.5. The summed E-state index contributed by atoms with van der Waals surface area (Å²) in [4.78, 5) is 15.7. The molecule has 0 unspecified atom stereocenters. The van der Waals surface area contributed by atoms with E-state index < -0.39 is 23.8 Å². The molecule has 2 rings (SSSR count). The molecule has 2 heterocycles. The summed E-state index contributed by atoms with van der Waals surface area (Å²) in [6, 6.07) is 0. The SMILES string of the molecule is CCOC(=O)c1oc(-c2scc(C)c2Cl)nc1C(F)F. The number of aromatic nitrogens is 1. The predicted molar refractivity (Wildman–Crippen MR) is 70.5 cm³/mol. The summed E-state index contributed by atoms with van der Waals surface area (Å²) in [6.45, 7) is 3.39. The van der Waals surface area contributed by atoms with Gasteiger partial charge in [-0.15, -0.1) is 11.3 Å². The van der Waals surface area contributed by atoms with Crippen molar-refractivity contribution in [2.45, 2.75) is 20.3 Å². The molecule has 0 aliphatic carbocycles. The quantitative estimate of drug-likeness (QED) is 0.779. The van der Waals surface area contributed by atoms with Gasteiger partial charge in [-0.05, 0) is 24.8 Å². The van der Waals surface area contributed by atoms with Crippen LogP contribution >= 0.6 is 22.9 Å². The molecule has 0 aromatic carbocycles. The fourth-order valence-corrected chi connectivity index (χ4v) is 2.69. The molecule has 0 amide bonds. The summed E-state index contributed by atoms with van der Waals surface area (Å²) < 4.78 is 35.6. The first-order chi connectivity index (χ1) is 9.45. The zero-order valence-electron chi connectivity index (χ0n) is 10.6. The minimum atomic E-state index is -2.94. The van der Waals surface area contributed by atoms with Gasteiger partial charge < -0.3 is 9.15 Å². The topological polar surface area (TPSA) is 52.3 Å². The Kier molecular flexibility index (Phi) is 4.39. The number of carbonyl (C=O) groups excluding carboxylic acids is 1. The van der Waals surface area contributed by atoms with E-state index in [4.69, 9.17) is 16.0 Å². The summed E-state index contributed by atoms with van der Waals surface area (Å²) in [7, 11) is 0. The number of thiophene rings is 1. The van der Waals surface area contributed by atoms with Crippen LogP contribution in [0.25, 0.3) is 10.8 Å². The van der Waals surface area contributed by atoms with Crippen molar-refractivity contribution in [3.63, 3.8) is 0 Å². The molecule has 0 aliphatic heterocycles. The van der Waals surface area contributed by atoms with Crippen molar-refractivity contribution in [1.82, 2.24) is 4.98 Å². The van der Waals surface area contributed by atoms with Crippen LogP contribution in [-0.2, 0) is 4.74 Å². The van der Waals surface area contributed by atoms with Gasteiger partial charge in [-0.3, -0.25) is 0 Å². The minimum absolute atomic E-state index is 0.0520. The van der Waals surface area contributed by atoms with Gasteiger partial charge in [0, 0.05) is 0 Å². The van der Waals surface area contributed by atoms with E-state index in [0.29, 0.717) is 9.90 Å². The van der Waals surface area contributed by atoms with Crippen molar-refractivity contribution in [3.8, 4) is 10.8 Å². The Morgan fingerprint density at radius 2 is 2.30 bits per heavy atom. The molecule has 20 heavy (non-hydrogen) atoms. The van der Waals surface area contributed by atoms with Gasteiger partial charge in [0.15, 0.2) is 5.69 Å². The Bertz CT molecular complexity index is 639. The lowest BCUT2D eigenvalue weighted by Crippen LogP contribution is -2.06. The van der Waals surface area contributed by atoms with Crippen molar-refractivity contribution in [1.29, 1.82) is 0 Å². The Morgan fingerprint density at radius 3 is 2.80 bits per heavy atom. The van der Waals surface area contributed by atoms with Crippen molar-refractivity contribution < 1.29 is 22.7 Å². The van der Waals surface area contributed by atoms with Crippen LogP contribution < -0.4 is 0 Å². The van der Waals surface area contributed by atoms with Crippen molar-refractivity contribution >= 4 is 28.9 Å². The second-order valence-electron chi connectivity index (χ2n) is 3.82. The first-order valence-electron chi connectivity index (χ1n) is 5.65. The van der Waals surface area contributed by atoms with E-state index in [1.54, 1.807) is 19.2 Å². The molecule has 108 valence electrons. The van der Waals surface area contributed by atoms with Crippen LogP contribution in [-0.4, -0.2) is 17.6 Å². The molecule has 2 aromatic rings. The van der Waals surface area contributed by atoms with Crippen molar-refractivity contribution in [3.05, 3.63) is 27.4 Å². The number of hydrogen-bond acceptors (Lipinski definition) is 5. The molecule has 0 N–H and O–H groups in total. The number of nitrogens with zero attached hydrogens (tertiary/aromatic N) is 1. The maximum Gasteiger partial charge on any atom is 0.376 e. The number of halogens is 3. The molecule has 0 fully saturated rings. The predicted octanol–water partition coefficient (Wildman–Crippen LogP) is 4.48. The number of rotatable bonds is 4. The van der Waals surface area contributed by atoms with Crippen molar-refractivity contribution in [2.24, 2.45) is 0 Å². The van der Waals surface area contributed by atoms with Gasteiger partial charge in [-0.2, -0.15) is 0 Å². The van der Waals surface area contributed by atoms with Gasteiger partial charge in [-0.25, -0.2) is 18.6 Å². The molecule has 0 aliphatic rings. The number of alkyl halides is 2. The number of carbonyl (C=O) groups is 1. The summed E-state index contributed by atoms with van der Waals surface area (Å²) in [5, 5.41) is 2.11. The van der Waals surface area contributed by atoms with Gasteiger partial charge in [-0.1, -0.05) is 11.6 Å². The number of aryl methyl sites for hydroxylation is 1. The molecule has 0 atom stereocenters. The third kappa shape index (κ3) is 2.69. The molecule has 8 heteroatoms. The Balaban J connectivity index is 2.49. The van der Waals surface area contributed by atoms with Crippen LogP contribution in [0.15, 0.2) is 9.80 Å². The summed E-state index contributed by atoms with van der Waals surface area (Å²) in [5.74, 6) is -1.66. The third-order valence-corrected chi connectivity index (χ3v) is 4.10. The highest BCUT2D eigenvalue weighted by molar-refractivity contribution is 7.14. The van der Waals surface area contributed by atoms with Crippen LogP contribution in [0.3, 0.4) is 0 Å². The molecular formula is C12H10ClF2NO3S. The minimum Gasteiger partial charge on any atom is -0.460 e. The number of esters is 1. The van der Waals surface area contributed by atoms with Crippen molar-refractivity contribution in [2.75, 3.05) is 6.61 Å². The average Bonchev–Trinajstić information content (AvgIpc) is 2.95. The van der Waals surface area contributed by atoms with E-state index in [1.165, 1.54) is 11.3 Å². The number of oxazole rings is 1. The lowest BCUT2D eigenvalue weighted by molar-refractivity contribution is 0.0476. The van der Waals surface area contributed by atoms with E-state index in [1.807, 2.05) is 0 Å². The fraction of sp³-hybridized carbons (Fsp3) is 0.333. The summed E-state index contributed by atoms with van der Waals surface area (Å²) in [5.41, 5.74) is 0.0433. The lowest BCUT2D eigenvalue weighted by atomic mass is 10.3. The van der Waals surface area contributed by atoms with E-state index in [0.717, 1.165) is 5.56 Å². The normalized spacial score (nSPS) is 11.1. The zero-order chi connectivity index (χ0) is 14.9. The molecular weight excluding hydrogens is 312 g/mol. The van der Waals surface area contributed by atoms with Crippen LogP contribution in [0.5, 0.6) is 0 Å². The van der Waals surface area contributed by atoms with Gasteiger partial charge >= 0.3 is 5.97 Å². The summed E-state index contributed by atoms with van der Waals surface area (Å²) >= 11 is 7.23. The second-order valence-corrected chi connectivity index (χ2v) is 5.07. The zero-order valence-corrected chi connectivity index (χ0v) is 12.1. The Hall–Kier alpha value is -1.47. The standard InChI is InChI=1S/C12H10ClF2NO3S/c1-3-18-12(17)8-7(10(14)15)16-11(19-8)9-6(13)5(2)4-20-9/h4,10H,3H2,1-2H3. The molecule has 0 radical (unpaired) electrons. The number of ether oxygens (including phenoxy) is 1. The van der Waals surface area contributed by atoms with Gasteiger partial charge in [0.05, 0.1) is 11.6 Å². The lowest BCUT2D eigenvalue weighted by Gasteiger charge is -1.99. The Labute approximate surface area is 122 Å². The van der Waals surface area contributed by atoms with Crippen LogP contribution in [0.4, 0.5) is 8.78 Å². The van der Waals surface area contributed by atoms with E-state index in [-0.39, 0.29) is 12.5 Å². The van der Waals surface area contributed by atoms with Crippen LogP contribution in [0.2, 0.25) is 5.02 Å². The molecule has 0 spiro atoms. The number of hydrogen-bond donors (Lipinski definition) is 0. The van der Waals surface area contributed by atoms with Crippen LogP contribution in [0.1, 0.15) is 35.2 Å². The molecule has 4 nitrogen and oxygen atoms in total. The molecule has 0 saturated carbocycles. The Morgan fingerprint density at radius 1 is 1.60 bits per heavy atom. The molecule has 0 bridgehead atoms. The third-order valence-electron chi connectivity index (χ3n) is 2.41. The maximum atomic E-state index is 12.9. The first-order valence-corrected chi connectivity index (χ1v) is 6.91. The maximum absolute atomic E-state index is 12.9. The average molecular weight is 322 g/mol. The highest BCUT2D eigenvalue weighted by Crippen LogP contribution is 2.38. The molecule has 2 aromatic heterocycles. The molecule has 0 saturated heterocycles. The van der Waals surface area contributed by atoms with E-state index in [9.17, 15) is 13.6 Å². The highest BCUT2D eigenvalue weighted by Gasteiger charge is 2.29. The second kappa shape index (κ2) is 5.88. The largest absolute Gasteiger partial charge is 0.460 e. The van der Waals surface area contributed by atoms with Gasteiger partial charge in [0.25, 0.3) is 6.43 Å². The smallest absolute Gasteiger partial charge is 0.376 e. The van der Waals surface area contributed by atoms with Gasteiger partial charge in [0.1, 0.15) is 4.88 Å². The monoisotopic (exact) mass is 321 g/mol. The fourth-order valence-electron chi connectivity index (χ4n) is 1.49. The van der Waals surface area contributed by atoms with Crippen LogP contribution in [0, 0.1) is 6.92 Å².